The summed E-state index contributed by atoms with van der Waals surface area (Å²) in [4.78, 5) is 5.79. The van der Waals surface area contributed by atoms with Crippen molar-refractivity contribution in [2.45, 2.75) is 39.2 Å². The SMILES string of the molecule is CCCN1CCC(CNC)C1c1ccc(CC)s1. The first-order chi connectivity index (χ1) is 8.80. The van der Waals surface area contributed by atoms with Gasteiger partial charge < -0.3 is 5.32 Å². The summed E-state index contributed by atoms with van der Waals surface area (Å²) in [6, 6.07) is 5.34. The van der Waals surface area contributed by atoms with Gasteiger partial charge >= 0.3 is 0 Å². The third-order valence-corrected chi connectivity index (χ3v) is 5.23. The number of hydrogen-bond acceptors (Lipinski definition) is 3. The number of thiophene rings is 1. The van der Waals surface area contributed by atoms with Crippen molar-refractivity contribution in [3.8, 4) is 0 Å². The molecule has 1 fully saturated rings. The predicted octanol–water partition coefficient (Wildman–Crippen LogP) is 3.30. The normalized spacial score (nSPS) is 24.8. The van der Waals surface area contributed by atoms with Gasteiger partial charge in [-0.25, -0.2) is 0 Å². The molecule has 1 aliphatic rings. The molecule has 0 aliphatic carbocycles. The fourth-order valence-electron chi connectivity index (χ4n) is 3.10. The topological polar surface area (TPSA) is 15.3 Å². The summed E-state index contributed by atoms with van der Waals surface area (Å²) in [5.41, 5.74) is 0. The Hall–Kier alpha value is -0.380. The smallest absolute Gasteiger partial charge is 0.0482 e. The molecule has 1 saturated heterocycles. The summed E-state index contributed by atoms with van der Waals surface area (Å²) < 4.78 is 0. The van der Waals surface area contributed by atoms with Crippen LogP contribution in [0.2, 0.25) is 0 Å². The van der Waals surface area contributed by atoms with Crippen LogP contribution in [0, 0.1) is 5.92 Å². The Bertz CT molecular complexity index is 347. The van der Waals surface area contributed by atoms with Gasteiger partial charge in [0, 0.05) is 15.8 Å². The summed E-state index contributed by atoms with van der Waals surface area (Å²) >= 11 is 2.02. The van der Waals surface area contributed by atoms with E-state index in [-0.39, 0.29) is 0 Å². The Morgan fingerprint density at radius 3 is 2.83 bits per heavy atom. The first kappa shape index (κ1) is 14.0. The van der Waals surface area contributed by atoms with Crippen molar-refractivity contribution in [3.63, 3.8) is 0 Å². The summed E-state index contributed by atoms with van der Waals surface area (Å²) in [6.45, 7) is 8.19. The number of nitrogens with zero attached hydrogens (tertiary/aromatic N) is 1. The van der Waals surface area contributed by atoms with Gasteiger partial charge in [-0.2, -0.15) is 0 Å². The Morgan fingerprint density at radius 1 is 1.39 bits per heavy atom. The number of aryl methyl sites for hydroxylation is 1. The van der Waals surface area contributed by atoms with Crippen molar-refractivity contribution in [1.29, 1.82) is 0 Å². The highest BCUT2D eigenvalue weighted by molar-refractivity contribution is 7.12. The van der Waals surface area contributed by atoms with Crippen LogP contribution in [0.3, 0.4) is 0 Å². The quantitative estimate of drug-likeness (QED) is 0.850. The van der Waals surface area contributed by atoms with Crippen molar-refractivity contribution >= 4 is 11.3 Å². The highest BCUT2D eigenvalue weighted by Crippen LogP contribution is 2.40. The van der Waals surface area contributed by atoms with Crippen molar-refractivity contribution in [1.82, 2.24) is 10.2 Å². The zero-order valence-corrected chi connectivity index (χ0v) is 12.7. The van der Waals surface area contributed by atoms with Crippen LogP contribution in [0.4, 0.5) is 0 Å². The largest absolute Gasteiger partial charge is 0.319 e. The summed E-state index contributed by atoms with van der Waals surface area (Å²) in [7, 11) is 2.07. The minimum Gasteiger partial charge on any atom is -0.319 e. The van der Waals surface area contributed by atoms with Crippen molar-refractivity contribution < 1.29 is 0 Å². The lowest BCUT2D eigenvalue weighted by Gasteiger charge is -2.27. The van der Waals surface area contributed by atoms with Crippen LogP contribution in [-0.2, 0) is 6.42 Å². The summed E-state index contributed by atoms with van der Waals surface area (Å²) in [5, 5.41) is 3.37. The third-order valence-electron chi connectivity index (χ3n) is 3.93. The molecule has 2 rings (SSSR count). The molecule has 0 bridgehead atoms. The molecule has 2 atom stereocenters. The lowest BCUT2D eigenvalue weighted by molar-refractivity contribution is 0.231. The van der Waals surface area contributed by atoms with Gasteiger partial charge in [-0.05, 0) is 64.0 Å². The molecule has 1 N–H and O–H groups in total. The Labute approximate surface area is 115 Å². The maximum absolute atomic E-state index is 3.37. The molecule has 3 heteroatoms. The molecule has 0 amide bonds. The van der Waals surface area contributed by atoms with Crippen LogP contribution in [0.25, 0.3) is 0 Å². The molecule has 0 saturated carbocycles. The second-order valence-electron chi connectivity index (χ2n) is 5.24. The first-order valence-electron chi connectivity index (χ1n) is 7.27. The number of likely N-dealkylation sites (tertiary alicyclic amines) is 1. The van der Waals surface area contributed by atoms with E-state index in [0.29, 0.717) is 6.04 Å². The number of nitrogens with one attached hydrogen (secondary N) is 1. The van der Waals surface area contributed by atoms with Crippen LogP contribution in [0.1, 0.15) is 42.5 Å². The van der Waals surface area contributed by atoms with E-state index in [4.69, 9.17) is 0 Å². The summed E-state index contributed by atoms with van der Waals surface area (Å²) in [6.07, 6.45) is 3.77. The minimum absolute atomic E-state index is 0.655. The fraction of sp³-hybridized carbons (Fsp3) is 0.733. The van der Waals surface area contributed by atoms with Gasteiger partial charge in [-0.15, -0.1) is 11.3 Å². The van der Waals surface area contributed by atoms with Crippen LogP contribution >= 0.6 is 11.3 Å². The number of hydrogen-bond donors (Lipinski definition) is 1. The lowest BCUT2D eigenvalue weighted by Crippen LogP contribution is -2.29. The average Bonchev–Trinajstić information content (AvgIpc) is 2.97. The Morgan fingerprint density at radius 2 is 2.22 bits per heavy atom. The number of rotatable bonds is 6. The van der Waals surface area contributed by atoms with E-state index < -0.39 is 0 Å². The van der Waals surface area contributed by atoms with Gasteiger partial charge in [0.2, 0.25) is 0 Å². The highest BCUT2D eigenvalue weighted by Gasteiger charge is 2.34. The van der Waals surface area contributed by atoms with E-state index in [2.05, 4.69) is 43.2 Å². The molecule has 2 heterocycles. The molecule has 1 aromatic heterocycles. The Balaban J connectivity index is 2.16. The van der Waals surface area contributed by atoms with Gasteiger partial charge in [0.05, 0.1) is 0 Å². The van der Waals surface area contributed by atoms with E-state index in [9.17, 15) is 0 Å². The second kappa shape index (κ2) is 6.69. The maximum atomic E-state index is 3.37. The molecule has 2 nitrogen and oxygen atoms in total. The third kappa shape index (κ3) is 2.95. The highest BCUT2D eigenvalue weighted by atomic mass is 32.1. The predicted molar refractivity (Wildman–Crippen MR) is 80.3 cm³/mol. The molecular weight excluding hydrogens is 240 g/mol. The molecular formula is C15H26N2S. The lowest BCUT2D eigenvalue weighted by atomic mass is 9.99. The molecule has 2 unspecified atom stereocenters. The van der Waals surface area contributed by atoms with Crippen LogP contribution in [0.15, 0.2) is 12.1 Å². The van der Waals surface area contributed by atoms with Crippen LogP contribution in [-0.4, -0.2) is 31.6 Å². The average molecular weight is 266 g/mol. The van der Waals surface area contributed by atoms with Gasteiger partial charge in [-0.1, -0.05) is 13.8 Å². The zero-order valence-electron chi connectivity index (χ0n) is 11.9. The van der Waals surface area contributed by atoms with E-state index >= 15 is 0 Å². The second-order valence-corrected chi connectivity index (χ2v) is 6.44. The molecule has 102 valence electrons. The van der Waals surface area contributed by atoms with E-state index in [1.165, 1.54) is 37.2 Å². The standard InChI is InChI=1S/C15H26N2S/c1-4-9-17-10-8-12(11-16-3)15(17)14-7-6-13(5-2)18-14/h6-7,12,15-16H,4-5,8-11H2,1-3H3. The molecule has 0 spiro atoms. The zero-order chi connectivity index (χ0) is 13.0. The van der Waals surface area contributed by atoms with Crippen molar-refractivity contribution in [3.05, 3.63) is 21.9 Å². The van der Waals surface area contributed by atoms with E-state index in [1.807, 2.05) is 11.3 Å². The molecule has 1 aliphatic heterocycles. The molecule has 0 radical (unpaired) electrons. The molecule has 18 heavy (non-hydrogen) atoms. The minimum atomic E-state index is 0.655. The monoisotopic (exact) mass is 266 g/mol. The van der Waals surface area contributed by atoms with Gasteiger partial charge in [0.15, 0.2) is 0 Å². The van der Waals surface area contributed by atoms with Crippen LogP contribution < -0.4 is 5.32 Å². The van der Waals surface area contributed by atoms with Gasteiger partial charge in [0.25, 0.3) is 0 Å². The van der Waals surface area contributed by atoms with Crippen molar-refractivity contribution in [2.75, 3.05) is 26.7 Å². The fourth-order valence-corrected chi connectivity index (χ4v) is 4.28. The Kier molecular flexibility index (Phi) is 5.22. The van der Waals surface area contributed by atoms with E-state index in [0.717, 1.165) is 12.5 Å². The molecule has 1 aromatic rings. The van der Waals surface area contributed by atoms with E-state index in [1.54, 1.807) is 4.88 Å². The van der Waals surface area contributed by atoms with Crippen molar-refractivity contribution in [2.24, 2.45) is 5.92 Å². The molecule has 0 aromatic carbocycles. The maximum Gasteiger partial charge on any atom is 0.0482 e. The first-order valence-corrected chi connectivity index (χ1v) is 8.09. The summed E-state index contributed by atoms with van der Waals surface area (Å²) in [5.74, 6) is 0.782. The van der Waals surface area contributed by atoms with Crippen LogP contribution in [0.5, 0.6) is 0 Å². The van der Waals surface area contributed by atoms with Gasteiger partial charge in [0.1, 0.15) is 0 Å². The van der Waals surface area contributed by atoms with Gasteiger partial charge in [-0.3, -0.25) is 4.90 Å².